The van der Waals surface area contributed by atoms with Crippen molar-refractivity contribution < 1.29 is 51.2 Å². The second kappa shape index (κ2) is 15.8. The number of hydrogen-bond donors (Lipinski definition) is 1. The molecule has 3 aromatic rings. The van der Waals surface area contributed by atoms with Crippen LogP contribution in [-0.2, 0) is 40.2 Å². The van der Waals surface area contributed by atoms with Gasteiger partial charge < -0.3 is 29.0 Å². The Labute approximate surface area is 302 Å². The largest absolute Gasteiger partial charge is 0.508 e. The van der Waals surface area contributed by atoms with Gasteiger partial charge in [-0.3, -0.25) is 4.79 Å². The molecular weight excluding hydrogens is 695 g/mol. The summed E-state index contributed by atoms with van der Waals surface area (Å²) in [5.41, 5.74) is 2.45. The van der Waals surface area contributed by atoms with Gasteiger partial charge in [0.15, 0.2) is 0 Å². The zero-order chi connectivity index (χ0) is 37.8. The van der Waals surface area contributed by atoms with E-state index in [0.717, 1.165) is 16.7 Å². The average Bonchev–Trinajstić information content (AvgIpc) is 3.09. The van der Waals surface area contributed by atoms with Crippen LogP contribution in [0.2, 0.25) is 0 Å². The highest BCUT2D eigenvalue weighted by Gasteiger charge is 2.48. The van der Waals surface area contributed by atoms with Gasteiger partial charge in [0.05, 0.1) is 23.6 Å². The Balaban J connectivity index is 1.48. The van der Waals surface area contributed by atoms with E-state index in [0.29, 0.717) is 16.3 Å². The third-order valence-electron chi connectivity index (χ3n) is 8.81. The lowest BCUT2D eigenvalue weighted by Crippen LogP contribution is -2.59. The van der Waals surface area contributed by atoms with Gasteiger partial charge in [-0.05, 0) is 75.1 Å². The number of amides is 2. The second-order valence-electron chi connectivity index (χ2n) is 13.7. The Morgan fingerprint density at radius 2 is 1.75 bits per heavy atom. The van der Waals surface area contributed by atoms with Gasteiger partial charge in [0, 0.05) is 13.0 Å². The van der Waals surface area contributed by atoms with Crippen molar-refractivity contribution >= 4 is 28.2 Å². The highest BCUT2D eigenvalue weighted by atomic mass is 32.2. The number of halogens is 1. The molecule has 0 spiro atoms. The number of carboxylic acid groups (broad SMARTS) is 1. The Bertz CT molecular complexity index is 1880. The molecule has 0 unspecified atom stereocenters. The van der Waals surface area contributed by atoms with Crippen molar-refractivity contribution in [2.75, 3.05) is 19.8 Å². The molecule has 52 heavy (non-hydrogen) atoms. The smallest absolute Gasteiger partial charge is 0.464 e. The zero-order valence-corrected chi connectivity index (χ0v) is 30.3. The summed E-state index contributed by atoms with van der Waals surface area (Å²) < 4.78 is 64.9. The summed E-state index contributed by atoms with van der Waals surface area (Å²) in [6.45, 7) is 9.97. The lowest BCUT2D eigenvalue weighted by molar-refractivity contribution is -0.166. The SMILES string of the molecule is C=C[C@H](COC(=O)OC(C)(C)C)O[C@H]1CO[C@@H](C(=O)N2CCc3ccccc3[C@@H]2c2ccc(F)cc2)C[C@@H]1N(C(=O)O)S(=O)(=O)c1ccc(C)cc1. The summed E-state index contributed by atoms with van der Waals surface area (Å²) in [5.74, 6) is -0.938. The van der Waals surface area contributed by atoms with Gasteiger partial charge in [0.2, 0.25) is 0 Å². The van der Waals surface area contributed by atoms with Crippen LogP contribution in [0.15, 0.2) is 90.3 Å². The maximum Gasteiger partial charge on any atom is 0.508 e. The van der Waals surface area contributed by atoms with Crippen molar-refractivity contribution in [2.24, 2.45) is 0 Å². The number of ether oxygens (including phenoxy) is 4. The van der Waals surface area contributed by atoms with E-state index in [1.807, 2.05) is 24.3 Å². The van der Waals surface area contributed by atoms with Crippen molar-refractivity contribution in [3.8, 4) is 0 Å². The first kappa shape index (κ1) is 38.4. The fraction of sp³-hybridized carbons (Fsp3) is 0.395. The number of carbonyl (C=O) groups excluding carboxylic acids is 2. The van der Waals surface area contributed by atoms with E-state index >= 15 is 0 Å². The Hall–Kier alpha value is -4.79. The lowest BCUT2D eigenvalue weighted by Gasteiger charge is -2.44. The van der Waals surface area contributed by atoms with Crippen LogP contribution in [0.1, 0.15) is 55.5 Å². The average molecular weight is 739 g/mol. The molecular formula is C38H43FN2O10S. The van der Waals surface area contributed by atoms with E-state index in [9.17, 15) is 32.3 Å². The number of benzene rings is 3. The normalized spacial score (nSPS) is 21.0. The van der Waals surface area contributed by atoms with E-state index < -0.39 is 83.0 Å². The number of aryl methyl sites for hydroxylation is 1. The molecule has 2 heterocycles. The molecule has 0 aromatic heterocycles. The van der Waals surface area contributed by atoms with Gasteiger partial charge in [0.25, 0.3) is 15.9 Å². The van der Waals surface area contributed by atoms with Crippen LogP contribution >= 0.6 is 0 Å². The van der Waals surface area contributed by atoms with Gasteiger partial charge >= 0.3 is 12.2 Å². The summed E-state index contributed by atoms with van der Waals surface area (Å²) in [7, 11) is -4.70. The number of nitrogens with zero attached hydrogens (tertiary/aromatic N) is 2. The summed E-state index contributed by atoms with van der Waals surface area (Å²) in [5, 5.41) is 10.5. The standard InChI is InChI=1S/C38H43FN2O10S/c1-6-28(22-49-37(45)51-38(3,4)5)50-33-23-48-32(21-31(33)41(36(43)44)52(46,47)29-17-11-24(2)12-18-29)35(42)40-20-19-25-9-7-8-10-30(25)34(40)26-13-15-27(39)16-14-26/h6-18,28,31-34H,1,19-23H2,2-5H3,(H,43,44)/t28-,31+,32-,33+,34+/m1/s1. The van der Waals surface area contributed by atoms with E-state index in [1.54, 1.807) is 56.9 Å². The summed E-state index contributed by atoms with van der Waals surface area (Å²) in [6.07, 6.45) is -4.89. The van der Waals surface area contributed by atoms with Crippen molar-refractivity contribution in [1.82, 2.24) is 9.21 Å². The third kappa shape index (κ3) is 8.80. The maximum atomic E-state index is 14.5. The minimum atomic E-state index is -4.70. The van der Waals surface area contributed by atoms with Crippen LogP contribution in [0.25, 0.3) is 0 Å². The molecule has 1 N–H and O–H groups in total. The fourth-order valence-electron chi connectivity index (χ4n) is 6.37. The molecule has 5 atom stereocenters. The number of sulfonamides is 1. The Kier molecular flexibility index (Phi) is 11.7. The highest BCUT2D eigenvalue weighted by Crippen LogP contribution is 2.37. The molecule has 0 saturated carbocycles. The van der Waals surface area contributed by atoms with E-state index in [4.69, 9.17) is 18.9 Å². The number of fused-ring (bicyclic) bond motifs is 1. The first-order chi connectivity index (χ1) is 24.6. The topological polar surface area (TPSA) is 149 Å². The van der Waals surface area contributed by atoms with Crippen LogP contribution < -0.4 is 0 Å². The zero-order valence-electron chi connectivity index (χ0n) is 29.4. The molecule has 2 aliphatic heterocycles. The summed E-state index contributed by atoms with van der Waals surface area (Å²) in [6, 6.07) is 17.1. The Morgan fingerprint density at radius 1 is 1.08 bits per heavy atom. The molecule has 0 bridgehead atoms. The molecule has 0 aliphatic carbocycles. The predicted molar refractivity (Wildman–Crippen MR) is 188 cm³/mol. The minimum absolute atomic E-state index is 0.271. The van der Waals surface area contributed by atoms with Crippen LogP contribution in [0.4, 0.5) is 14.0 Å². The number of hydrogen-bond acceptors (Lipinski definition) is 9. The van der Waals surface area contributed by atoms with Crippen molar-refractivity contribution in [2.45, 2.75) is 81.4 Å². The van der Waals surface area contributed by atoms with Gasteiger partial charge in [0.1, 0.15) is 36.3 Å². The molecule has 1 fully saturated rings. The van der Waals surface area contributed by atoms with Crippen LogP contribution in [-0.4, -0.2) is 90.6 Å². The molecule has 278 valence electrons. The van der Waals surface area contributed by atoms with Gasteiger partial charge in [-0.15, -0.1) is 6.58 Å². The van der Waals surface area contributed by atoms with Crippen LogP contribution in [0, 0.1) is 12.7 Å². The van der Waals surface area contributed by atoms with E-state index in [2.05, 4.69) is 6.58 Å². The quantitative estimate of drug-likeness (QED) is 0.193. The summed E-state index contributed by atoms with van der Waals surface area (Å²) in [4.78, 5) is 41.0. The molecule has 3 aromatic carbocycles. The molecule has 14 heteroatoms. The van der Waals surface area contributed by atoms with Crippen molar-refractivity contribution in [1.29, 1.82) is 0 Å². The van der Waals surface area contributed by atoms with E-state index in [-0.39, 0.29) is 18.0 Å². The lowest BCUT2D eigenvalue weighted by atomic mass is 9.87. The van der Waals surface area contributed by atoms with Gasteiger partial charge in [-0.25, -0.2) is 22.4 Å². The van der Waals surface area contributed by atoms with Crippen molar-refractivity contribution in [3.63, 3.8) is 0 Å². The highest BCUT2D eigenvalue weighted by molar-refractivity contribution is 7.89. The minimum Gasteiger partial charge on any atom is -0.464 e. The predicted octanol–water partition coefficient (Wildman–Crippen LogP) is 6.03. The molecule has 12 nitrogen and oxygen atoms in total. The fourth-order valence-corrected chi connectivity index (χ4v) is 7.86. The first-order valence-corrected chi connectivity index (χ1v) is 18.3. The molecule has 5 rings (SSSR count). The molecule has 2 amide bonds. The second-order valence-corrected chi connectivity index (χ2v) is 15.5. The molecule has 2 aliphatic rings. The maximum absolute atomic E-state index is 14.5. The number of carbonyl (C=O) groups is 3. The van der Waals surface area contributed by atoms with Crippen LogP contribution in [0.3, 0.4) is 0 Å². The van der Waals surface area contributed by atoms with Gasteiger partial charge in [-0.2, -0.15) is 4.31 Å². The summed E-state index contributed by atoms with van der Waals surface area (Å²) >= 11 is 0. The third-order valence-corrected chi connectivity index (χ3v) is 10.6. The molecule has 0 radical (unpaired) electrons. The number of rotatable bonds is 10. The van der Waals surface area contributed by atoms with Crippen LogP contribution in [0.5, 0.6) is 0 Å². The van der Waals surface area contributed by atoms with Crippen molar-refractivity contribution in [3.05, 3.63) is 114 Å². The monoisotopic (exact) mass is 738 g/mol. The Morgan fingerprint density at radius 3 is 2.38 bits per heavy atom. The van der Waals surface area contributed by atoms with E-state index in [1.165, 1.54) is 30.3 Å². The van der Waals surface area contributed by atoms with Gasteiger partial charge in [-0.1, -0.05) is 60.2 Å². The molecule has 1 saturated heterocycles. The first-order valence-electron chi connectivity index (χ1n) is 16.8.